The Balaban J connectivity index is 1.28. The van der Waals surface area contributed by atoms with E-state index in [0.29, 0.717) is 17.7 Å². The van der Waals surface area contributed by atoms with Gasteiger partial charge in [0.25, 0.3) is 0 Å². The molecule has 48 heavy (non-hydrogen) atoms. The van der Waals surface area contributed by atoms with E-state index in [9.17, 15) is 0 Å². The van der Waals surface area contributed by atoms with Gasteiger partial charge in [-0.25, -0.2) is 0 Å². The number of hydrogen-bond donors (Lipinski definition) is 0. The molecule has 0 atom stereocenters. The molecule has 6 aromatic carbocycles. The minimum atomic E-state index is 0.558. The Kier molecular flexibility index (Phi) is 5.77. The molecule has 0 aliphatic rings. The Morgan fingerprint density at radius 3 is 1.38 bits per heavy atom. The average molecular weight is 615 g/mol. The molecule has 6 heteroatoms. The summed E-state index contributed by atoms with van der Waals surface area (Å²) in [5.74, 6) is 1.70. The average Bonchev–Trinajstić information content (AvgIpc) is 3.68. The summed E-state index contributed by atoms with van der Waals surface area (Å²) in [5, 5.41) is 6.85. The highest BCUT2D eigenvalue weighted by Gasteiger charge is 2.20. The summed E-state index contributed by atoms with van der Waals surface area (Å²) in [7, 11) is 0. The Bertz CT molecular complexity index is 2620. The predicted molar refractivity (Wildman–Crippen MR) is 195 cm³/mol. The second kappa shape index (κ2) is 10.4. The van der Waals surface area contributed by atoms with Crippen LogP contribution >= 0.6 is 0 Å². The molecule has 0 bridgehead atoms. The summed E-state index contributed by atoms with van der Waals surface area (Å²) in [6.07, 6.45) is 1.87. The number of benzene rings is 6. The number of para-hydroxylation sites is 4. The minimum Gasteiger partial charge on any atom is -0.278 e. The normalized spacial score (nSPS) is 11.8. The first-order valence-electron chi connectivity index (χ1n) is 16.0. The van der Waals surface area contributed by atoms with Crippen molar-refractivity contribution in [1.29, 1.82) is 0 Å². The molecule has 0 amide bonds. The van der Waals surface area contributed by atoms with Crippen molar-refractivity contribution in [3.05, 3.63) is 158 Å². The largest absolute Gasteiger partial charge is 0.278 e. The monoisotopic (exact) mass is 614 g/mol. The molecule has 0 unspecified atom stereocenters. The minimum absolute atomic E-state index is 0.558. The predicted octanol–water partition coefficient (Wildman–Crippen LogP) is 9.95. The summed E-state index contributed by atoms with van der Waals surface area (Å²) in [6.45, 7) is 0. The molecular formula is C42H26N6. The first kappa shape index (κ1) is 26.5. The van der Waals surface area contributed by atoms with E-state index in [1.807, 2.05) is 12.3 Å². The molecule has 0 aliphatic carbocycles. The smallest absolute Gasteiger partial charge is 0.240 e. The SMILES string of the molecule is c1cc(-c2nc(-n3c4ccccc4c4ccccc43)nc(-n3c4ccccc4c4ccccc43)n2)cc(-c2nccc3ccccc23)c1. The summed E-state index contributed by atoms with van der Waals surface area (Å²) in [6, 6.07) is 52.5. The van der Waals surface area contributed by atoms with Crippen molar-refractivity contribution in [3.8, 4) is 34.5 Å². The van der Waals surface area contributed by atoms with E-state index < -0.39 is 0 Å². The van der Waals surface area contributed by atoms with Gasteiger partial charge in [-0.2, -0.15) is 15.0 Å². The zero-order chi connectivity index (χ0) is 31.6. The molecule has 0 aliphatic heterocycles. The standard InChI is InChI=1S/C42H26N6/c1-2-15-30-27(12-1)24-25-43-39(30)28-13-11-14-29(26-28)40-44-41(47-35-20-7-3-16-31(35)32-17-4-8-21-36(32)47)46-42(45-40)48-37-22-9-5-18-33(37)34-19-6-10-23-38(34)48/h1-26H. The van der Waals surface area contributed by atoms with Gasteiger partial charge in [0.2, 0.25) is 11.9 Å². The molecule has 0 N–H and O–H groups in total. The van der Waals surface area contributed by atoms with Crippen molar-refractivity contribution >= 4 is 54.4 Å². The van der Waals surface area contributed by atoms with Crippen LogP contribution in [-0.2, 0) is 0 Å². The van der Waals surface area contributed by atoms with Crippen molar-refractivity contribution in [2.75, 3.05) is 0 Å². The van der Waals surface area contributed by atoms with Crippen LogP contribution in [0.3, 0.4) is 0 Å². The molecule has 10 rings (SSSR count). The van der Waals surface area contributed by atoms with E-state index in [2.05, 4.69) is 155 Å². The zero-order valence-electron chi connectivity index (χ0n) is 25.7. The van der Waals surface area contributed by atoms with E-state index in [-0.39, 0.29) is 0 Å². The van der Waals surface area contributed by atoms with Gasteiger partial charge in [0, 0.05) is 44.3 Å². The quantitative estimate of drug-likeness (QED) is 0.198. The van der Waals surface area contributed by atoms with Crippen LogP contribution in [-0.4, -0.2) is 29.1 Å². The van der Waals surface area contributed by atoms with Crippen molar-refractivity contribution in [1.82, 2.24) is 29.1 Å². The van der Waals surface area contributed by atoms with Crippen molar-refractivity contribution < 1.29 is 0 Å². The van der Waals surface area contributed by atoms with Gasteiger partial charge in [-0.15, -0.1) is 0 Å². The Morgan fingerprint density at radius 2 is 0.833 bits per heavy atom. The second-order valence-electron chi connectivity index (χ2n) is 12.0. The molecule has 0 saturated heterocycles. The van der Waals surface area contributed by atoms with E-state index >= 15 is 0 Å². The van der Waals surface area contributed by atoms with Crippen molar-refractivity contribution in [2.45, 2.75) is 0 Å². The maximum absolute atomic E-state index is 5.26. The van der Waals surface area contributed by atoms with Gasteiger partial charge in [-0.3, -0.25) is 14.1 Å². The Hall–Kier alpha value is -6.66. The van der Waals surface area contributed by atoms with Crippen LogP contribution in [0.4, 0.5) is 0 Å². The van der Waals surface area contributed by atoms with Crippen LogP contribution in [0.25, 0.3) is 88.9 Å². The maximum atomic E-state index is 5.26. The lowest BCUT2D eigenvalue weighted by atomic mass is 10.0. The summed E-state index contributed by atoms with van der Waals surface area (Å²) >= 11 is 0. The maximum Gasteiger partial charge on any atom is 0.240 e. The van der Waals surface area contributed by atoms with Crippen LogP contribution in [0, 0.1) is 0 Å². The van der Waals surface area contributed by atoms with Crippen molar-refractivity contribution in [3.63, 3.8) is 0 Å². The first-order chi connectivity index (χ1) is 23.8. The van der Waals surface area contributed by atoms with Crippen LogP contribution < -0.4 is 0 Å². The highest BCUT2D eigenvalue weighted by molar-refractivity contribution is 6.10. The van der Waals surface area contributed by atoms with Gasteiger partial charge >= 0.3 is 0 Å². The molecular weight excluding hydrogens is 589 g/mol. The van der Waals surface area contributed by atoms with Gasteiger partial charge in [0.15, 0.2) is 5.82 Å². The number of rotatable bonds is 4. The Morgan fingerprint density at radius 1 is 0.375 bits per heavy atom. The number of aromatic nitrogens is 6. The molecule has 4 aromatic heterocycles. The lowest BCUT2D eigenvalue weighted by Crippen LogP contribution is -2.10. The molecule has 224 valence electrons. The number of fused-ring (bicyclic) bond motifs is 7. The van der Waals surface area contributed by atoms with Gasteiger partial charge < -0.3 is 0 Å². The van der Waals surface area contributed by atoms with Gasteiger partial charge in [0.1, 0.15) is 0 Å². The summed E-state index contributed by atoms with van der Waals surface area (Å²) in [4.78, 5) is 20.5. The zero-order valence-corrected chi connectivity index (χ0v) is 25.7. The molecule has 10 aromatic rings. The Labute approximate surface area is 275 Å². The fourth-order valence-corrected chi connectivity index (χ4v) is 7.11. The van der Waals surface area contributed by atoms with Crippen LogP contribution in [0.5, 0.6) is 0 Å². The molecule has 4 heterocycles. The molecule has 6 nitrogen and oxygen atoms in total. The third kappa shape index (κ3) is 3.99. The fraction of sp³-hybridized carbons (Fsp3) is 0. The van der Waals surface area contributed by atoms with E-state index in [4.69, 9.17) is 19.9 Å². The second-order valence-corrected chi connectivity index (χ2v) is 12.0. The number of pyridine rings is 1. The number of hydrogen-bond acceptors (Lipinski definition) is 4. The van der Waals surface area contributed by atoms with Crippen LogP contribution in [0.1, 0.15) is 0 Å². The van der Waals surface area contributed by atoms with E-state index in [1.165, 1.54) is 0 Å². The lowest BCUT2D eigenvalue weighted by Gasteiger charge is -2.13. The third-order valence-corrected chi connectivity index (χ3v) is 9.24. The van der Waals surface area contributed by atoms with Crippen LogP contribution in [0.2, 0.25) is 0 Å². The topological polar surface area (TPSA) is 61.4 Å². The van der Waals surface area contributed by atoms with Gasteiger partial charge in [-0.05, 0) is 41.8 Å². The fourth-order valence-electron chi connectivity index (χ4n) is 7.11. The van der Waals surface area contributed by atoms with Crippen molar-refractivity contribution in [2.24, 2.45) is 0 Å². The first-order valence-corrected chi connectivity index (χ1v) is 16.0. The third-order valence-electron chi connectivity index (χ3n) is 9.24. The molecule has 0 fully saturated rings. The molecule has 0 saturated carbocycles. The summed E-state index contributed by atoms with van der Waals surface area (Å²) in [5.41, 5.74) is 6.97. The van der Waals surface area contributed by atoms with Gasteiger partial charge in [0.05, 0.1) is 27.8 Å². The number of nitrogens with zero attached hydrogens (tertiary/aromatic N) is 6. The lowest BCUT2D eigenvalue weighted by molar-refractivity contribution is 0.893. The highest BCUT2D eigenvalue weighted by atomic mass is 15.3. The molecule has 0 spiro atoms. The van der Waals surface area contributed by atoms with Crippen LogP contribution in [0.15, 0.2) is 158 Å². The van der Waals surface area contributed by atoms with Gasteiger partial charge in [-0.1, -0.05) is 115 Å². The summed E-state index contributed by atoms with van der Waals surface area (Å²) < 4.78 is 4.31. The van der Waals surface area contributed by atoms with E-state index in [1.54, 1.807) is 0 Å². The molecule has 0 radical (unpaired) electrons. The highest BCUT2D eigenvalue weighted by Crippen LogP contribution is 2.35. The van der Waals surface area contributed by atoms with E-state index in [0.717, 1.165) is 71.2 Å².